The Kier molecular flexibility index (Phi) is 5.70. The van der Waals surface area contributed by atoms with Crippen molar-refractivity contribution in [2.24, 2.45) is 0 Å². The molecule has 34 heavy (non-hydrogen) atoms. The van der Waals surface area contributed by atoms with Gasteiger partial charge in [0.25, 0.3) is 11.4 Å². The first-order chi connectivity index (χ1) is 16.3. The number of hydrogen-bond donors (Lipinski definition) is 1. The van der Waals surface area contributed by atoms with Gasteiger partial charge in [-0.1, -0.05) is 11.2 Å². The summed E-state index contributed by atoms with van der Waals surface area (Å²) in [6.45, 7) is 5.90. The minimum atomic E-state index is -0.807. The molecule has 4 heterocycles. The van der Waals surface area contributed by atoms with Gasteiger partial charge in [-0.15, -0.1) is 0 Å². The van der Waals surface area contributed by atoms with Crippen LogP contribution in [0.2, 0.25) is 0 Å². The first kappa shape index (κ1) is 22.6. The molecule has 180 valence electrons. The Morgan fingerprint density at radius 2 is 2.00 bits per heavy atom. The van der Waals surface area contributed by atoms with Crippen LogP contribution in [0, 0.1) is 5.82 Å². The Balaban J connectivity index is 1.63. The maximum absolute atomic E-state index is 15.0. The van der Waals surface area contributed by atoms with Crippen molar-refractivity contribution in [2.45, 2.75) is 44.9 Å². The molecule has 0 saturated carbocycles. The van der Waals surface area contributed by atoms with Crippen molar-refractivity contribution in [3.05, 3.63) is 46.6 Å². The molecule has 3 aromatic heterocycles. The van der Waals surface area contributed by atoms with Crippen molar-refractivity contribution < 1.29 is 18.8 Å². The van der Waals surface area contributed by atoms with Crippen LogP contribution in [-0.4, -0.2) is 66.9 Å². The first-order valence-corrected chi connectivity index (χ1v) is 11.3. The summed E-state index contributed by atoms with van der Waals surface area (Å²) < 4.78 is 28.8. The molecule has 0 aliphatic carbocycles. The van der Waals surface area contributed by atoms with E-state index < -0.39 is 11.4 Å². The Bertz CT molecular complexity index is 1400. The van der Waals surface area contributed by atoms with E-state index >= 15 is 0 Å². The number of benzene rings is 1. The van der Waals surface area contributed by atoms with Crippen LogP contribution >= 0.6 is 0 Å². The summed E-state index contributed by atoms with van der Waals surface area (Å²) in [5.41, 5.74) is 0.0413. The average Bonchev–Trinajstić information content (AvgIpc) is 3.48. The predicted molar refractivity (Wildman–Crippen MR) is 122 cm³/mol. The molecule has 11 heteroatoms. The molecule has 1 aromatic carbocycles. The first-order valence-electron chi connectivity index (χ1n) is 11.3. The van der Waals surface area contributed by atoms with Gasteiger partial charge in [0.2, 0.25) is 5.82 Å². The van der Waals surface area contributed by atoms with Crippen LogP contribution in [-0.2, 0) is 16.9 Å². The van der Waals surface area contributed by atoms with Gasteiger partial charge in [-0.2, -0.15) is 4.98 Å². The number of aliphatic hydroxyl groups is 1. The molecule has 0 radical (unpaired) electrons. The van der Waals surface area contributed by atoms with Crippen LogP contribution in [0.15, 0.2) is 33.8 Å². The molecule has 0 bridgehead atoms. The van der Waals surface area contributed by atoms with Gasteiger partial charge in [-0.05, 0) is 38.8 Å². The summed E-state index contributed by atoms with van der Waals surface area (Å²) in [4.78, 5) is 24.7. The van der Waals surface area contributed by atoms with Crippen molar-refractivity contribution in [3.8, 4) is 11.5 Å². The highest BCUT2D eigenvalue weighted by Crippen LogP contribution is 2.27. The molecule has 10 nitrogen and oxygen atoms in total. The SMILES string of the molecule is COC(C)(C)c1nc(-c2ncn3c2c(=O)n(CCN2CCC(O)CC2)c2c(F)cccc23)no1. The van der Waals surface area contributed by atoms with Crippen molar-refractivity contribution in [1.29, 1.82) is 0 Å². The van der Waals surface area contributed by atoms with E-state index in [0.29, 0.717) is 31.4 Å². The van der Waals surface area contributed by atoms with Gasteiger partial charge >= 0.3 is 0 Å². The molecule has 1 aliphatic heterocycles. The molecule has 0 unspecified atom stereocenters. The molecular weight excluding hydrogens is 443 g/mol. The van der Waals surface area contributed by atoms with Crippen LogP contribution in [0.4, 0.5) is 4.39 Å². The number of aliphatic hydroxyl groups excluding tert-OH is 1. The third-order valence-electron chi connectivity index (χ3n) is 6.57. The highest BCUT2D eigenvalue weighted by Gasteiger charge is 2.29. The minimum absolute atomic E-state index is 0.159. The zero-order valence-electron chi connectivity index (χ0n) is 19.4. The van der Waals surface area contributed by atoms with Crippen molar-refractivity contribution in [2.75, 3.05) is 26.7 Å². The van der Waals surface area contributed by atoms with Crippen LogP contribution in [0.3, 0.4) is 0 Å². The zero-order chi connectivity index (χ0) is 24.0. The fourth-order valence-electron chi connectivity index (χ4n) is 4.34. The third kappa shape index (κ3) is 3.79. The molecule has 1 saturated heterocycles. The number of nitrogens with zero attached hydrogens (tertiary/aromatic N) is 6. The largest absolute Gasteiger partial charge is 0.393 e. The van der Waals surface area contributed by atoms with E-state index in [1.165, 1.54) is 24.1 Å². The van der Waals surface area contributed by atoms with Crippen LogP contribution in [0.25, 0.3) is 28.1 Å². The Morgan fingerprint density at radius 3 is 2.74 bits per heavy atom. The number of methoxy groups -OCH3 is 1. The number of aromatic nitrogens is 5. The summed E-state index contributed by atoms with van der Waals surface area (Å²) in [7, 11) is 1.54. The van der Waals surface area contributed by atoms with Gasteiger partial charge in [0.1, 0.15) is 34.5 Å². The van der Waals surface area contributed by atoms with E-state index in [1.54, 1.807) is 30.4 Å². The number of halogens is 1. The van der Waals surface area contributed by atoms with Crippen LogP contribution in [0.1, 0.15) is 32.6 Å². The predicted octanol–water partition coefficient (Wildman–Crippen LogP) is 2.18. The van der Waals surface area contributed by atoms with Crippen LogP contribution < -0.4 is 5.56 Å². The van der Waals surface area contributed by atoms with Gasteiger partial charge in [-0.25, -0.2) is 9.37 Å². The topological polar surface area (TPSA) is 111 Å². The Labute approximate surface area is 194 Å². The number of fused-ring (bicyclic) bond motifs is 3. The summed E-state index contributed by atoms with van der Waals surface area (Å²) in [6.07, 6.45) is 2.56. The summed E-state index contributed by atoms with van der Waals surface area (Å²) in [5, 5.41) is 13.8. The molecule has 0 spiro atoms. The molecule has 5 rings (SSSR count). The van der Waals surface area contributed by atoms with Crippen molar-refractivity contribution in [3.63, 3.8) is 0 Å². The van der Waals surface area contributed by atoms with Gasteiger partial charge in [0.05, 0.1) is 11.6 Å². The monoisotopic (exact) mass is 470 g/mol. The number of para-hydroxylation sites is 1. The van der Waals surface area contributed by atoms with Crippen LogP contribution in [0.5, 0.6) is 0 Å². The summed E-state index contributed by atoms with van der Waals surface area (Å²) >= 11 is 0. The van der Waals surface area contributed by atoms with E-state index in [4.69, 9.17) is 9.26 Å². The lowest BCUT2D eigenvalue weighted by Gasteiger charge is -2.29. The smallest absolute Gasteiger partial charge is 0.277 e. The molecule has 0 amide bonds. The maximum Gasteiger partial charge on any atom is 0.277 e. The number of ether oxygens (including phenoxy) is 1. The molecule has 4 aromatic rings. The van der Waals surface area contributed by atoms with Gasteiger partial charge < -0.3 is 23.8 Å². The highest BCUT2D eigenvalue weighted by atomic mass is 19.1. The minimum Gasteiger partial charge on any atom is -0.393 e. The summed E-state index contributed by atoms with van der Waals surface area (Å²) in [6, 6.07) is 4.70. The summed E-state index contributed by atoms with van der Waals surface area (Å²) in [5.74, 6) is -0.0675. The van der Waals surface area contributed by atoms with E-state index in [1.807, 2.05) is 0 Å². The van der Waals surface area contributed by atoms with Crippen molar-refractivity contribution in [1.82, 2.24) is 29.0 Å². The molecule has 1 N–H and O–H groups in total. The van der Waals surface area contributed by atoms with Gasteiger partial charge in [0.15, 0.2) is 0 Å². The Morgan fingerprint density at radius 1 is 1.24 bits per heavy atom. The average molecular weight is 471 g/mol. The molecule has 1 aliphatic rings. The lowest BCUT2D eigenvalue weighted by Crippen LogP contribution is -2.39. The highest BCUT2D eigenvalue weighted by molar-refractivity contribution is 5.84. The van der Waals surface area contributed by atoms with E-state index in [0.717, 1.165) is 13.1 Å². The second-order valence-electron chi connectivity index (χ2n) is 9.09. The van der Waals surface area contributed by atoms with Gasteiger partial charge in [-0.3, -0.25) is 9.20 Å². The quantitative estimate of drug-likeness (QED) is 0.457. The standard InChI is InChI=1S/C23H27FN6O4/c1-23(2,33-3)22-26-20(27-34-22)17-19-21(32)29(12-11-28-9-7-14(31)8-10-28)18-15(24)5-4-6-16(18)30(19)13-25-17/h4-6,13-14,31H,7-12H2,1-3H3. The molecular formula is C23H27FN6O4. The van der Waals surface area contributed by atoms with Gasteiger partial charge in [0, 0.05) is 33.3 Å². The second kappa shape index (κ2) is 8.57. The second-order valence-corrected chi connectivity index (χ2v) is 9.09. The Hall–Kier alpha value is -3.15. The van der Waals surface area contributed by atoms with E-state index in [2.05, 4.69) is 20.0 Å². The fourth-order valence-corrected chi connectivity index (χ4v) is 4.34. The molecule has 1 fully saturated rings. The number of imidazole rings is 1. The zero-order valence-corrected chi connectivity index (χ0v) is 19.4. The number of rotatable bonds is 6. The normalized spacial score (nSPS) is 16.1. The number of hydrogen-bond acceptors (Lipinski definition) is 8. The fraction of sp³-hybridized carbons (Fsp3) is 0.478. The van der Waals surface area contributed by atoms with E-state index in [9.17, 15) is 14.3 Å². The van der Waals surface area contributed by atoms with E-state index in [-0.39, 0.29) is 40.1 Å². The lowest BCUT2D eigenvalue weighted by atomic mass is 10.1. The number of likely N-dealkylation sites (tertiary alicyclic amines) is 1. The molecule has 0 atom stereocenters. The van der Waals surface area contributed by atoms with Crippen molar-refractivity contribution >= 4 is 16.6 Å². The third-order valence-corrected chi connectivity index (χ3v) is 6.57. The lowest BCUT2D eigenvalue weighted by molar-refractivity contribution is -0.00786. The number of piperidine rings is 1. The maximum atomic E-state index is 15.0.